The number of pyridine rings is 3. The van der Waals surface area contributed by atoms with Gasteiger partial charge in [-0.25, -0.2) is 18.9 Å². The fraction of sp³-hybridized carbons (Fsp3) is 0.348. The number of carbonyl (C=O) groups excluding carboxylic acids is 1. The number of nitrogens with zero attached hydrogens (tertiary/aromatic N) is 6. The average molecular weight is 447 g/mol. The van der Waals surface area contributed by atoms with Crippen molar-refractivity contribution >= 4 is 33.8 Å². The summed E-state index contributed by atoms with van der Waals surface area (Å²) in [4.78, 5) is 28.0. The number of morpholine rings is 1. The Morgan fingerprint density at radius 2 is 2.00 bits per heavy atom. The minimum Gasteiger partial charge on any atom is -0.378 e. The lowest BCUT2D eigenvalue weighted by atomic mass is 10.1. The molecule has 0 unspecified atom stereocenters. The second-order valence-corrected chi connectivity index (χ2v) is 8.44. The first-order chi connectivity index (χ1) is 16.1. The van der Waals surface area contributed by atoms with Crippen LogP contribution in [0.1, 0.15) is 12.1 Å². The van der Waals surface area contributed by atoms with Gasteiger partial charge in [-0.15, -0.1) is 5.10 Å². The zero-order valence-electron chi connectivity index (χ0n) is 18.0. The van der Waals surface area contributed by atoms with E-state index in [0.29, 0.717) is 24.9 Å². The number of anilines is 2. The predicted molar refractivity (Wildman–Crippen MR) is 121 cm³/mol. The summed E-state index contributed by atoms with van der Waals surface area (Å²) < 4.78 is 20.5. The predicted octanol–water partition coefficient (Wildman–Crippen LogP) is 2.78. The number of hydrogen-bond acceptors (Lipinski definition) is 7. The number of aromatic nitrogens is 5. The summed E-state index contributed by atoms with van der Waals surface area (Å²) in [6.45, 7) is 4.99. The van der Waals surface area contributed by atoms with Gasteiger partial charge >= 0.3 is 0 Å². The van der Waals surface area contributed by atoms with Crippen LogP contribution in [0.2, 0.25) is 0 Å². The molecule has 1 N–H and O–H groups in total. The average Bonchev–Trinajstić information content (AvgIpc) is 3.42. The van der Waals surface area contributed by atoms with Crippen molar-refractivity contribution in [1.29, 1.82) is 0 Å². The lowest BCUT2D eigenvalue weighted by Crippen LogP contribution is -2.36. The van der Waals surface area contributed by atoms with E-state index in [1.165, 1.54) is 0 Å². The van der Waals surface area contributed by atoms with Crippen molar-refractivity contribution in [2.45, 2.75) is 19.5 Å². The molecule has 9 nitrogen and oxygen atoms in total. The molecule has 1 aliphatic carbocycles. The number of ether oxygens (including phenoxy) is 1. The highest BCUT2D eigenvalue weighted by molar-refractivity contribution is 6.00. The second-order valence-electron chi connectivity index (χ2n) is 8.44. The van der Waals surface area contributed by atoms with Crippen LogP contribution in [0.15, 0.2) is 36.8 Å². The molecule has 1 aliphatic heterocycles. The summed E-state index contributed by atoms with van der Waals surface area (Å²) in [6.07, 6.45) is 4.59. The fourth-order valence-corrected chi connectivity index (χ4v) is 4.16. The number of nitrogens with one attached hydrogen (secondary N) is 1. The van der Waals surface area contributed by atoms with E-state index in [-0.39, 0.29) is 12.3 Å². The van der Waals surface area contributed by atoms with Crippen molar-refractivity contribution < 1.29 is 13.9 Å². The molecule has 0 radical (unpaired) electrons. The van der Waals surface area contributed by atoms with Gasteiger partial charge in [-0.05, 0) is 31.5 Å². The van der Waals surface area contributed by atoms with Crippen LogP contribution in [0.3, 0.4) is 0 Å². The number of fused-ring (bicyclic) bond motifs is 2. The molecule has 0 spiro atoms. The summed E-state index contributed by atoms with van der Waals surface area (Å²) in [5, 5.41) is 9.09. The largest absolute Gasteiger partial charge is 0.378 e. The molecule has 1 amide bonds. The Hall–Kier alpha value is -3.66. The molecular weight excluding hydrogens is 425 g/mol. The van der Waals surface area contributed by atoms with Gasteiger partial charge in [-0.2, -0.15) is 0 Å². The van der Waals surface area contributed by atoms with Gasteiger partial charge in [-0.1, -0.05) is 0 Å². The Labute approximate surface area is 188 Å². The quantitative estimate of drug-likeness (QED) is 0.514. The zero-order chi connectivity index (χ0) is 22.5. The maximum Gasteiger partial charge on any atom is 0.231 e. The third-order valence-corrected chi connectivity index (χ3v) is 6.20. The van der Waals surface area contributed by atoms with Crippen molar-refractivity contribution in [2.75, 3.05) is 36.5 Å². The van der Waals surface area contributed by atoms with E-state index in [4.69, 9.17) is 14.8 Å². The van der Waals surface area contributed by atoms with Gasteiger partial charge in [-0.3, -0.25) is 9.78 Å². The number of amides is 1. The molecule has 6 rings (SSSR count). The summed E-state index contributed by atoms with van der Waals surface area (Å²) in [7, 11) is 0. The highest BCUT2D eigenvalue weighted by Crippen LogP contribution is 2.35. The maximum atomic E-state index is 13.3. The van der Waals surface area contributed by atoms with E-state index in [9.17, 15) is 9.18 Å². The van der Waals surface area contributed by atoms with Gasteiger partial charge in [0.25, 0.3) is 0 Å². The fourth-order valence-electron chi connectivity index (χ4n) is 4.16. The smallest absolute Gasteiger partial charge is 0.231 e. The third kappa shape index (κ3) is 3.66. The molecule has 168 valence electrons. The standard InChI is InChI=1S/C23H22FN7O2/c1-13-17-10-26-20(27-23(32)16-8-19(16)24)9-15(17)18(11-25-13)22-28-21-3-2-14(12-31(21)29-22)30-4-6-33-7-5-30/h2-3,9-12,16,19H,4-8H2,1H3,(H,26,27,32)/t16-,19+/m1/s1. The van der Waals surface area contributed by atoms with E-state index >= 15 is 0 Å². The summed E-state index contributed by atoms with van der Waals surface area (Å²) in [5.41, 5.74) is 3.33. The first-order valence-corrected chi connectivity index (χ1v) is 11.0. The summed E-state index contributed by atoms with van der Waals surface area (Å²) in [5.74, 6) is -0.0250. The van der Waals surface area contributed by atoms with Crippen LogP contribution < -0.4 is 10.2 Å². The molecule has 1 saturated heterocycles. The molecule has 4 aromatic heterocycles. The molecular formula is C23H22FN7O2. The number of alkyl halides is 1. The molecule has 4 aromatic rings. The number of halogens is 1. The van der Waals surface area contributed by atoms with Crippen LogP contribution in [0.4, 0.5) is 15.9 Å². The zero-order valence-corrected chi connectivity index (χ0v) is 18.0. The lowest BCUT2D eigenvalue weighted by Gasteiger charge is -2.28. The molecule has 0 aromatic carbocycles. The highest BCUT2D eigenvalue weighted by Gasteiger charge is 2.43. The van der Waals surface area contributed by atoms with Crippen LogP contribution in [0, 0.1) is 12.8 Å². The van der Waals surface area contributed by atoms with E-state index < -0.39 is 12.1 Å². The van der Waals surface area contributed by atoms with E-state index in [0.717, 1.165) is 46.5 Å². The molecule has 1 saturated carbocycles. The van der Waals surface area contributed by atoms with Gasteiger partial charge < -0.3 is 15.0 Å². The van der Waals surface area contributed by atoms with Gasteiger partial charge in [0.15, 0.2) is 11.5 Å². The van der Waals surface area contributed by atoms with Crippen LogP contribution in [-0.4, -0.2) is 62.9 Å². The lowest BCUT2D eigenvalue weighted by molar-refractivity contribution is -0.117. The molecule has 2 aliphatic rings. The van der Waals surface area contributed by atoms with E-state index in [2.05, 4.69) is 20.2 Å². The maximum absolute atomic E-state index is 13.3. The molecule has 2 fully saturated rings. The van der Waals surface area contributed by atoms with E-state index in [1.807, 2.05) is 25.3 Å². The van der Waals surface area contributed by atoms with E-state index in [1.54, 1.807) is 23.0 Å². The minimum absolute atomic E-state index is 0.269. The van der Waals surface area contributed by atoms with Crippen molar-refractivity contribution in [3.63, 3.8) is 0 Å². The molecule has 2 atom stereocenters. The van der Waals surface area contributed by atoms with Crippen molar-refractivity contribution in [1.82, 2.24) is 24.6 Å². The monoisotopic (exact) mass is 447 g/mol. The Morgan fingerprint density at radius 1 is 1.18 bits per heavy atom. The van der Waals surface area contributed by atoms with Crippen LogP contribution >= 0.6 is 0 Å². The van der Waals surface area contributed by atoms with Crippen molar-refractivity contribution in [3.05, 3.63) is 42.5 Å². The first-order valence-electron chi connectivity index (χ1n) is 11.0. The SMILES string of the molecule is Cc1ncc(-c2nc3ccc(N4CCOCC4)cn3n2)c2cc(NC(=O)[C@@H]3C[C@@H]3F)ncc12. The Balaban J connectivity index is 1.38. The highest BCUT2D eigenvalue weighted by atomic mass is 19.1. The number of rotatable bonds is 4. The van der Waals surface area contributed by atoms with Gasteiger partial charge in [0, 0.05) is 47.5 Å². The van der Waals surface area contributed by atoms with Crippen molar-refractivity contribution in [3.8, 4) is 11.4 Å². The molecule has 33 heavy (non-hydrogen) atoms. The molecule has 0 bridgehead atoms. The molecule has 5 heterocycles. The van der Waals surface area contributed by atoms with Crippen LogP contribution in [-0.2, 0) is 9.53 Å². The summed E-state index contributed by atoms with van der Waals surface area (Å²) in [6, 6.07) is 5.76. The van der Waals surface area contributed by atoms with Gasteiger partial charge in [0.1, 0.15) is 12.0 Å². The van der Waals surface area contributed by atoms with Crippen LogP contribution in [0.5, 0.6) is 0 Å². The Kier molecular flexibility index (Phi) is 4.68. The van der Waals surface area contributed by atoms with Gasteiger partial charge in [0.05, 0.1) is 31.0 Å². The summed E-state index contributed by atoms with van der Waals surface area (Å²) >= 11 is 0. The normalized spacial score (nSPS) is 20.4. The third-order valence-electron chi connectivity index (χ3n) is 6.20. The first kappa shape index (κ1) is 20.0. The minimum atomic E-state index is -1.06. The number of aryl methyl sites for hydroxylation is 1. The number of hydrogen-bond donors (Lipinski definition) is 1. The second kappa shape index (κ2) is 7.73. The Bertz CT molecular complexity index is 1380. The molecule has 10 heteroatoms. The number of carbonyl (C=O) groups is 1. The van der Waals surface area contributed by atoms with Crippen LogP contribution in [0.25, 0.3) is 27.8 Å². The van der Waals surface area contributed by atoms with Gasteiger partial charge in [0.2, 0.25) is 5.91 Å². The Morgan fingerprint density at radius 3 is 2.79 bits per heavy atom. The van der Waals surface area contributed by atoms with Crippen molar-refractivity contribution in [2.24, 2.45) is 5.92 Å². The topological polar surface area (TPSA) is 97.5 Å².